The fourth-order valence-corrected chi connectivity index (χ4v) is 3.27. The zero-order valence-electron chi connectivity index (χ0n) is 19.7. The van der Waals surface area contributed by atoms with Crippen molar-refractivity contribution in [1.82, 2.24) is 0 Å². The maximum Gasteiger partial charge on any atom is 0.302 e. The predicted octanol–water partition coefficient (Wildman–Crippen LogP) is 8.05. The van der Waals surface area contributed by atoms with E-state index >= 15 is 0 Å². The molecule has 0 aromatic carbocycles. The number of ether oxygens (including phenoxy) is 1. The molecule has 0 N–H and O–H groups in total. The van der Waals surface area contributed by atoms with Gasteiger partial charge in [0.05, 0.1) is 0 Å². The Hall–Kier alpha value is -1.64. The van der Waals surface area contributed by atoms with Crippen molar-refractivity contribution in [2.45, 2.75) is 117 Å². The molecule has 0 rings (SSSR count). The Balaban J connectivity index is 3.30. The number of ketones is 1. The summed E-state index contributed by atoms with van der Waals surface area (Å²) in [5.74, 6) is -0.386. The van der Waals surface area contributed by atoms with Gasteiger partial charge in [-0.1, -0.05) is 89.4 Å². The first-order valence-corrected chi connectivity index (χ1v) is 12.3. The maximum absolute atomic E-state index is 11.6. The molecule has 0 saturated carbocycles. The SMILES string of the molecule is CCCCCCC=CCCCCCCCCCCCC=CC(=O)C=CCOC(C)=O. The van der Waals surface area contributed by atoms with E-state index < -0.39 is 0 Å². The van der Waals surface area contributed by atoms with Gasteiger partial charge < -0.3 is 4.74 Å². The minimum absolute atomic E-state index is 0.0513. The molecule has 0 aliphatic heterocycles. The normalized spacial score (nSPS) is 11.8. The van der Waals surface area contributed by atoms with Gasteiger partial charge in [-0.3, -0.25) is 9.59 Å². The lowest BCUT2D eigenvalue weighted by Gasteiger charge is -2.01. The summed E-state index contributed by atoms with van der Waals surface area (Å²) in [6.07, 6.45) is 32.1. The van der Waals surface area contributed by atoms with Crippen LogP contribution < -0.4 is 0 Å². The minimum atomic E-state index is -0.334. The van der Waals surface area contributed by atoms with E-state index in [-0.39, 0.29) is 18.4 Å². The number of carbonyl (C=O) groups is 2. The van der Waals surface area contributed by atoms with Crippen molar-refractivity contribution in [2.75, 3.05) is 6.61 Å². The second-order valence-electron chi connectivity index (χ2n) is 8.09. The van der Waals surface area contributed by atoms with Crippen LogP contribution in [0.2, 0.25) is 0 Å². The van der Waals surface area contributed by atoms with Gasteiger partial charge in [-0.25, -0.2) is 0 Å². The Morgan fingerprint density at radius 1 is 0.600 bits per heavy atom. The van der Waals surface area contributed by atoms with Crippen molar-refractivity contribution in [3.05, 3.63) is 36.5 Å². The first kappa shape index (κ1) is 28.4. The highest BCUT2D eigenvalue weighted by Crippen LogP contribution is 2.12. The summed E-state index contributed by atoms with van der Waals surface area (Å²) in [4.78, 5) is 22.1. The molecule has 0 atom stereocenters. The number of carbonyl (C=O) groups excluding carboxylic acids is 2. The summed E-state index contributed by atoms with van der Waals surface area (Å²) in [6.45, 7) is 3.77. The van der Waals surface area contributed by atoms with Gasteiger partial charge in [0.25, 0.3) is 0 Å². The Morgan fingerprint density at radius 3 is 1.53 bits per heavy atom. The number of allylic oxidation sites excluding steroid dienone is 5. The van der Waals surface area contributed by atoms with Crippen molar-refractivity contribution < 1.29 is 14.3 Å². The Morgan fingerprint density at radius 2 is 1.03 bits per heavy atom. The predicted molar refractivity (Wildman–Crippen MR) is 129 cm³/mol. The average molecular weight is 419 g/mol. The van der Waals surface area contributed by atoms with Crippen LogP contribution in [-0.2, 0) is 14.3 Å². The summed E-state index contributed by atoms with van der Waals surface area (Å²) in [6, 6.07) is 0. The molecule has 0 aliphatic carbocycles. The second-order valence-corrected chi connectivity index (χ2v) is 8.09. The van der Waals surface area contributed by atoms with Crippen molar-refractivity contribution in [3.8, 4) is 0 Å². The van der Waals surface area contributed by atoms with Gasteiger partial charge in [-0.05, 0) is 56.8 Å². The molecule has 3 heteroatoms. The molecule has 0 spiro atoms. The molecule has 0 fully saturated rings. The lowest BCUT2D eigenvalue weighted by Crippen LogP contribution is -1.98. The summed E-state index contributed by atoms with van der Waals surface area (Å²) in [5.41, 5.74) is 0. The monoisotopic (exact) mass is 418 g/mol. The van der Waals surface area contributed by atoms with Crippen LogP contribution in [0.4, 0.5) is 0 Å². The van der Waals surface area contributed by atoms with Crippen LogP contribution in [0.5, 0.6) is 0 Å². The van der Waals surface area contributed by atoms with Crippen LogP contribution in [0.1, 0.15) is 117 Å². The highest BCUT2D eigenvalue weighted by atomic mass is 16.5. The second kappa shape index (κ2) is 23.6. The molecule has 30 heavy (non-hydrogen) atoms. The van der Waals surface area contributed by atoms with Crippen LogP contribution in [0.3, 0.4) is 0 Å². The molecule has 0 aromatic heterocycles. The lowest BCUT2D eigenvalue weighted by molar-refractivity contribution is -0.139. The lowest BCUT2D eigenvalue weighted by atomic mass is 10.1. The van der Waals surface area contributed by atoms with Gasteiger partial charge in [-0.2, -0.15) is 0 Å². The highest BCUT2D eigenvalue weighted by Gasteiger charge is 1.94. The molecular weight excluding hydrogens is 372 g/mol. The summed E-state index contributed by atoms with van der Waals surface area (Å²) >= 11 is 0. The third kappa shape index (κ3) is 24.4. The van der Waals surface area contributed by atoms with Crippen molar-refractivity contribution in [2.24, 2.45) is 0 Å². The van der Waals surface area contributed by atoms with E-state index in [9.17, 15) is 9.59 Å². The molecule has 0 bridgehead atoms. The molecule has 0 amide bonds. The largest absolute Gasteiger partial charge is 0.462 e. The van der Waals surface area contributed by atoms with Crippen molar-refractivity contribution >= 4 is 11.8 Å². The number of unbranched alkanes of at least 4 members (excludes halogenated alkanes) is 14. The molecule has 0 aliphatic rings. The van der Waals surface area contributed by atoms with Crippen molar-refractivity contribution in [3.63, 3.8) is 0 Å². The van der Waals surface area contributed by atoms with E-state index in [4.69, 9.17) is 4.74 Å². The third-order valence-corrected chi connectivity index (χ3v) is 5.08. The molecule has 172 valence electrons. The van der Waals surface area contributed by atoms with E-state index in [1.54, 1.807) is 12.2 Å². The van der Waals surface area contributed by atoms with Gasteiger partial charge in [-0.15, -0.1) is 0 Å². The maximum atomic E-state index is 11.6. The summed E-state index contributed by atoms with van der Waals surface area (Å²) in [7, 11) is 0. The van der Waals surface area contributed by atoms with E-state index in [1.165, 1.54) is 103 Å². The number of rotatable bonds is 21. The topological polar surface area (TPSA) is 43.4 Å². The first-order valence-electron chi connectivity index (χ1n) is 12.3. The van der Waals surface area contributed by atoms with Gasteiger partial charge >= 0.3 is 5.97 Å². The average Bonchev–Trinajstić information content (AvgIpc) is 2.72. The Labute approximate surface area is 186 Å². The molecule has 3 nitrogen and oxygen atoms in total. The number of hydrogen-bond donors (Lipinski definition) is 0. The van der Waals surface area contributed by atoms with E-state index in [0.717, 1.165) is 12.8 Å². The van der Waals surface area contributed by atoms with Gasteiger partial charge in [0.2, 0.25) is 0 Å². The van der Waals surface area contributed by atoms with Crippen LogP contribution in [0.25, 0.3) is 0 Å². The summed E-state index contributed by atoms with van der Waals surface area (Å²) in [5, 5.41) is 0. The van der Waals surface area contributed by atoms with Gasteiger partial charge in [0, 0.05) is 6.92 Å². The minimum Gasteiger partial charge on any atom is -0.462 e. The molecule has 0 radical (unpaired) electrons. The Bertz CT molecular complexity index is 488. The van der Waals surface area contributed by atoms with Crippen LogP contribution >= 0.6 is 0 Å². The molecule has 0 aromatic rings. The number of esters is 1. The fraction of sp³-hybridized carbons (Fsp3) is 0.704. The van der Waals surface area contributed by atoms with E-state index in [2.05, 4.69) is 19.1 Å². The fourth-order valence-electron chi connectivity index (χ4n) is 3.27. The van der Waals surface area contributed by atoms with Crippen molar-refractivity contribution in [1.29, 1.82) is 0 Å². The Kier molecular flexibility index (Phi) is 22.3. The van der Waals surface area contributed by atoms with Gasteiger partial charge in [0.1, 0.15) is 6.61 Å². The first-order chi connectivity index (χ1) is 14.7. The smallest absolute Gasteiger partial charge is 0.302 e. The molecule has 0 unspecified atom stereocenters. The van der Waals surface area contributed by atoms with Crippen LogP contribution in [0.15, 0.2) is 36.5 Å². The standard InChI is InChI=1S/C27H46O3/c1-3-4-5-6-7-8-9-10-11-12-13-14-15-16-17-18-19-20-21-23-27(29)24-22-25-30-26(2)28/h8-9,21-24H,3-7,10-20,25H2,1-2H3. The third-order valence-electron chi connectivity index (χ3n) is 5.08. The zero-order chi connectivity index (χ0) is 22.1. The van der Waals surface area contributed by atoms with Crippen LogP contribution in [0, 0.1) is 0 Å². The van der Waals surface area contributed by atoms with E-state index in [1.807, 2.05) is 6.08 Å². The number of hydrogen-bond acceptors (Lipinski definition) is 3. The molecule has 0 saturated heterocycles. The molecule has 0 heterocycles. The quantitative estimate of drug-likeness (QED) is 0.0819. The van der Waals surface area contributed by atoms with E-state index in [0.29, 0.717) is 0 Å². The van der Waals surface area contributed by atoms with Gasteiger partial charge in [0.15, 0.2) is 5.78 Å². The highest BCUT2D eigenvalue weighted by molar-refractivity contribution is 5.99. The summed E-state index contributed by atoms with van der Waals surface area (Å²) < 4.78 is 4.73. The van der Waals surface area contributed by atoms with Crippen LogP contribution in [-0.4, -0.2) is 18.4 Å². The zero-order valence-corrected chi connectivity index (χ0v) is 19.7. The molecular formula is C27H46O3.